The van der Waals surface area contributed by atoms with Crippen molar-refractivity contribution in [3.8, 4) is 5.75 Å². The van der Waals surface area contributed by atoms with Crippen LogP contribution in [0.15, 0.2) is 24.3 Å². The Hall–Kier alpha value is -0.690. The van der Waals surface area contributed by atoms with Crippen LogP contribution in [-0.2, 0) is 4.87 Å². The highest BCUT2D eigenvalue weighted by Crippen LogP contribution is 2.33. The zero-order valence-electron chi connectivity index (χ0n) is 8.30. The molecule has 1 atom stereocenters. The number of halogens is 1. The van der Waals surface area contributed by atoms with Crippen LogP contribution in [0.4, 0.5) is 0 Å². The molecule has 1 unspecified atom stereocenters. The van der Waals surface area contributed by atoms with Crippen molar-refractivity contribution in [3.63, 3.8) is 0 Å². The van der Waals surface area contributed by atoms with Gasteiger partial charge in [-0.1, -0.05) is 19.1 Å². The Bertz CT molecular complexity index is 281. The van der Waals surface area contributed by atoms with Crippen molar-refractivity contribution in [1.82, 2.24) is 0 Å². The molecule has 0 spiro atoms. The highest BCUT2D eigenvalue weighted by molar-refractivity contribution is 6.23. The lowest BCUT2D eigenvalue weighted by molar-refractivity contribution is 0.413. The zero-order valence-corrected chi connectivity index (χ0v) is 9.06. The second kappa shape index (κ2) is 4.01. The van der Waals surface area contributed by atoms with Crippen molar-refractivity contribution in [2.24, 2.45) is 0 Å². The smallest absolute Gasteiger partial charge is 0.119 e. The van der Waals surface area contributed by atoms with Crippen molar-refractivity contribution in [3.05, 3.63) is 29.8 Å². The molecular weight excluding hydrogens is 184 g/mol. The van der Waals surface area contributed by atoms with Gasteiger partial charge in [-0.25, -0.2) is 0 Å². The topological polar surface area (TPSA) is 9.23 Å². The fourth-order valence-electron chi connectivity index (χ4n) is 1.15. The summed E-state index contributed by atoms with van der Waals surface area (Å²) in [7, 11) is 1.66. The molecule has 0 aliphatic carbocycles. The maximum absolute atomic E-state index is 6.32. The number of benzene rings is 1. The third kappa shape index (κ3) is 2.38. The molecule has 0 radical (unpaired) electrons. The van der Waals surface area contributed by atoms with Gasteiger partial charge in [-0.2, -0.15) is 0 Å². The second-order valence-corrected chi connectivity index (χ2v) is 4.12. The molecule has 0 aromatic heterocycles. The molecule has 13 heavy (non-hydrogen) atoms. The Balaban J connectivity index is 3.01. The minimum atomic E-state index is -0.283. The first kappa shape index (κ1) is 10.4. The summed E-state index contributed by atoms with van der Waals surface area (Å²) in [5.41, 5.74) is 1.11. The van der Waals surface area contributed by atoms with Crippen LogP contribution in [-0.4, -0.2) is 7.11 Å². The van der Waals surface area contributed by atoms with E-state index in [1.54, 1.807) is 7.11 Å². The highest BCUT2D eigenvalue weighted by atomic mass is 35.5. The van der Waals surface area contributed by atoms with Gasteiger partial charge in [0.25, 0.3) is 0 Å². The maximum Gasteiger partial charge on any atom is 0.119 e. The molecule has 0 heterocycles. The largest absolute Gasteiger partial charge is 0.497 e. The third-order valence-corrected chi connectivity index (χ3v) is 2.82. The van der Waals surface area contributed by atoms with Crippen molar-refractivity contribution in [2.75, 3.05) is 7.11 Å². The Morgan fingerprint density at radius 3 is 2.69 bits per heavy atom. The van der Waals surface area contributed by atoms with Gasteiger partial charge in [0.05, 0.1) is 12.0 Å². The predicted octanol–water partition coefficient (Wildman–Crippen LogP) is 3.56. The van der Waals surface area contributed by atoms with Gasteiger partial charge in [-0.15, -0.1) is 11.6 Å². The molecule has 0 amide bonds. The molecule has 0 saturated heterocycles. The summed E-state index contributed by atoms with van der Waals surface area (Å²) in [5, 5.41) is 0. The van der Waals surface area contributed by atoms with Crippen molar-refractivity contribution in [1.29, 1.82) is 0 Å². The van der Waals surface area contributed by atoms with Crippen molar-refractivity contribution < 1.29 is 4.74 Å². The lowest BCUT2D eigenvalue weighted by Gasteiger charge is -2.20. The van der Waals surface area contributed by atoms with E-state index in [9.17, 15) is 0 Å². The molecule has 0 saturated carbocycles. The molecule has 0 fully saturated rings. The van der Waals surface area contributed by atoms with E-state index in [2.05, 4.69) is 6.92 Å². The minimum absolute atomic E-state index is 0.283. The highest BCUT2D eigenvalue weighted by Gasteiger charge is 2.20. The summed E-state index contributed by atoms with van der Waals surface area (Å²) in [6, 6.07) is 7.89. The van der Waals surface area contributed by atoms with E-state index in [1.807, 2.05) is 31.2 Å². The summed E-state index contributed by atoms with van der Waals surface area (Å²) in [4.78, 5) is -0.283. The molecular formula is C11H15ClO. The molecule has 1 nitrogen and oxygen atoms in total. The number of hydrogen-bond acceptors (Lipinski definition) is 1. The van der Waals surface area contributed by atoms with E-state index < -0.39 is 0 Å². The van der Waals surface area contributed by atoms with Gasteiger partial charge < -0.3 is 4.74 Å². The quantitative estimate of drug-likeness (QED) is 0.675. The van der Waals surface area contributed by atoms with Crippen LogP contribution in [0, 0.1) is 0 Å². The van der Waals surface area contributed by atoms with Gasteiger partial charge in [0, 0.05) is 0 Å². The van der Waals surface area contributed by atoms with Crippen LogP contribution >= 0.6 is 11.6 Å². The van der Waals surface area contributed by atoms with E-state index in [0.717, 1.165) is 17.7 Å². The number of rotatable bonds is 3. The Morgan fingerprint density at radius 1 is 1.46 bits per heavy atom. The standard InChI is InChI=1S/C11H15ClO/c1-4-11(2,12)9-6-5-7-10(8-9)13-3/h5-8H,4H2,1-3H3. The number of ether oxygens (including phenoxy) is 1. The predicted molar refractivity (Wildman–Crippen MR) is 56.5 cm³/mol. The molecule has 1 aromatic carbocycles. The minimum Gasteiger partial charge on any atom is -0.497 e. The summed E-state index contributed by atoms with van der Waals surface area (Å²) in [6.07, 6.45) is 0.904. The Labute approximate surface area is 84.7 Å². The lowest BCUT2D eigenvalue weighted by Crippen LogP contribution is -2.11. The zero-order chi connectivity index (χ0) is 9.90. The Kier molecular flexibility index (Phi) is 3.21. The summed E-state index contributed by atoms with van der Waals surface area (Å²) in [6.45, 7) is 4.09. The summed E-state index contributed by atoms with van der Waals surface area (Å²) in [5.74, 6) is 0.859. The number of hydrogen-bond donors (Lipinski definition) is 0. The lowest BCUT2D eigenvalue weighted by atomic mass is 9.97. The first-order valence-corrected chi connectivity index (χ1v) is 4.81. The van der Waals surface area contributed by atoms with Gasteiger partial charge >= 0.3 is 0 Å². The monoisotopic (exact) mass is 198 g/mol. The van der Waals surface area contributed by atoms with Crippen LogP contribution < -0.4 is 4.74 Å². The van der Waals surface area contributed by atoms with Crippen LogP contribution in [0.3, 0.4) is 0 Å². The van der Waals surface area contributed by atoms with Gasteiger partial charge in [0.2, 0.25) is 0 Å². The van der Waals surface area contributed by atoms with E-state index in [1.165, 1.54) is 0 Å². The maximum atomic E-state index is 6.32. The number of alkyl halides is 1. The summed E-state index contributed by atoms with van der Waals surface area (Å²) >= 11 is 6.32. The van der Waals surface area contributed by atoms with Gasteiger partial charge in [0.15, 0.2) is 0 Å². The number of methoxy groups -OCH3 is 1. The van der Waals surface area contributed by atoms with Gasteiger partial charge in [0.1, 0.15) is 5.75 Å². The molecule has 0 aliphatic heterocycles. The molecule has 0 bridgehead atoms. The first-order valence-electron chi connectivity index (χ1n) is 4.43. The van der Waals surface area contributed by atoms with Crippen molar-refractivity contribution in [2.45, 2.75) is 25.1 Å². The SMILES string of the molecule is CCC(C)(Cl)c1cccc(OC)c1. The van der Waals surface area contributed by atoms with Crippen LogP contribution in [0.5, 0.6) is 5.75 Å². The molecule has 0 N–H and O–H groups in total. The first-order chi connectivity index (χ1) is 6.10. The molecule has 72 valence electrons. The molecule has 0 aliphatic rings. The van der Waals surface area contributed by atoms with Gasteiger partial charge in [-0.05, 0) is 31.0 Å². The molecule has 1 aromatic rings. The fraction of sp³-hybridized carbons (Fsp3) is 0.455. The van der Waals surface area contributed by atoms with Crippen LogP contribution in [0.25, 0.3) is 0 Å². The van der Waals surface area contributed by atoms with E-state index in [0.29, 0.717) is 0 Å². The Morgan fingerprint density at radius 2 is 2.15 bits per heavy atom. The average molecular weight is 199 g/mol. The van der Waals surface area contributed by atoms with Crippen LogP contribution in [0.1, 0.15) is 25.8 Å². The third-order valence-electron chi connectivity index (χ3n) is 2.34. The van der Waals surface area contributed by atoms with Crippen LogP contribution in [0.2, 0.25) is 0 Å². The fourth-order valence-corrected chi connectivity index (χ4v) is 1.27. The van der Waals surface area contributed by atoms with E-state index in [-0.39, 0.29) is 4.87 Å². The molecule has 1 rings (SSSR count). The van der Waals surface area contributed by atoms with E-state index >= 15 is 0 Å². The van der Waals surface area contributed by atoms with Crippen molar-refractivity contribution >= 4 is 11.6 Å². The second-order valence-electron chi connectivity index (χ2n) is 3.28. The molecule has 2 heteroatoms. The average Bonchev–Trinajstić information content (AvgIpc) is 2.18. The summed E-state index contributed by atoms with van der Waals surface area (Å²) < 4.78 is 5.14. The normalized spacial score (nSPS) is 15.1. The van der Waals surface area contributed by atoms with Gasteiger partial charge in [-0.3, -0.25) is 0 Å². The van der Waals surface area contributed by atoms with E-state index in [4.69, 9.17) is 16.3 Å².